The van der Waals surface area contributed by atoms with Crippen LogP contribution in [0, 0.1) is 0 Å². The molecule has 82 valence electrons. The van der Waals surface area contributed by atoms with Gasteiger partial charge in [-0.25, -0.2) is 9.78 Å². The summed E-state index contributed by atoms with van der Waals surface area (Å²) < 4.78 is 1.32. The number of carbonyl (C=O) groups is 2. The fourth-order valence-electron chi connectivity index (χ4n) is 1.04. The maximum Gasteiger partial charge on any atom is 0.326 e. The van der Waals surface area contributed by atoms with Gasteiger partial charge >= 0.3 is 6.03 Å². The Morgan fingerprint density at radius 2 is 2.20 bits per heavy atom. The summed E-state index contributed by atoms with van der Waals surface area (Å²) in [6.07, 6.45) is 4.75. The molecule has 1 rings (SSSR count). The monoisotopic (exact) mass is 210 g/mol. The largest absolute Gasteiger partial charge is 0.356 e. The molecule has 2 N–H and O–H groups in total. The Morgan fingerprint density at radius 1 is 1.40 bits per heavy atom. The van der Waals surface area contributed by atoms with Gasteiger partial charge in [0.15, 0.2) is 0 Å². The second-order valence-corrected chi connectivity index (χ2v) is 2.91. The maximum absolute atomic E-state index is 11.3. The SMILES string of the molecule is CCNC(=O)CCNC(=O)n1ccnc1. The van der Waals surface area contributed by atoms with Gasteiger partial charge in [-0.3, -0.25) is 9.36 Å². The molecule has 0 radical (unpaired) electrons. The number of nitrogens with zero attached hydrogens (tertiary/aromatic N) is 2. The molecule has 0 bridgehead atoms. The van der Waals surface area contributed by atoms with E-state index in [1.54, 1.807) is 6.20 Å². The van der Waals surface area contributed by atoms with E-state index in [1.807, 2.05) is 6.92 Å². The van der Waals surface area contributed by atoms with Gasteiger partial charge < -0.3 is 10.6 Å². The molecule has 1 aromatic rings. The van der Waals surface area contributed by atoms with Crippen molar-refractivity contribution in [2.45, 2.75) is 13.3 Å². The number of hydrogen-bond donors (Lipinski definition) is 2. The molecule has 15 heavy (non-hydrogen) atoms. The first-order chi connectivity index (χ1) is 7.24. The highest BCUT2D eigenvalue weighted by Gasteiger charge is 2.03. The van der Waals surface area contributed by atoms with Crippen LogP contribution in [0.1, 0.15) is 13.3 Å². The molecule has 0 aliphatic heterocycles. The zero-order chi connectivity index (χ0) is 11.1. The second kappa shape index (κ2) is 5.79. The molecule has 0 aromatic carbocycles. The van der Waals surface area contributed by atoms with Gasteiger partial charge in [-0.05, 0) is 6.92 Å². The zero-order valence-electron chi connectivity index (χ0n) is 8.56. The van der Waals surface area contributed by atoms with Crippen LogP contribution in [0.25, 0.3) is 0 Å². The molecule has 0 aliphatic rings. The van der Waals surface area contributed by atoms with Crippen LogP contribution in [-0.2, 0) is 4.79 Å². The van der Waals surface area contributed by atoms with Crippen molar-refractivity contribution in [1.82, 2.24) is 20.2 Å². The van der Waals surface area contributed by atoms with Crippen molar-refractivity contribution in [3.05, 3.63) is 18.7 Å². The molecule has 0 spiro atoms. The molecule has 6 heteroatoms. The molecule has 1 aromatic heterocycles. The summed E-state index contributed by atoms with van der Waals surface area (Å²) in [5.41, 5.74) is 0. The maximum atomic E-state index is 11.3. The van der Waals surface area contributed by atoms with E-state index in [2.05, 4.69) is 15.6 Å². The molecule has 0 saturated heterocycles. The number of carbonyl (C=O) groups excluding carboxylic acids is 2. The molecule has 0 saturated carbocycles. The Hall–Kier alpha value is -1.85. The lowest BCUT2D eigenvalue weighted by Crippen LogP contribution is -2.32. The van der Waals surface area contributed by atoms with Crippen LogP contribution in [0.2, 0.25) is 0 Å². The molecule has 1 heterocycles. The molecule has 6 nitrogen and oxygen atoms in total. The highest BCUT2D eigenvalue weighted by Crippen LogP contribution is 1.85. The number of rotatable bonds is 4. The van der Waals surface area contributed by atoms with Crippen molar-refractivity contribution in [2.75, 3.05) is 13.1 Å². The van der Waals surface area contributed by atoms with E-state index < -0.39 is 0 Å². The zero-order valence-corrected chi connectivity index (χ0v) is 8.56. The number of aromatic nitrogens is 2. The fourth-order valence-corrected chi connectivity index (χ4v) is 1.04. The third kappa shape index (κ3) is 3.80. The van der Waals surface area contributed by atoms with Gasteiger partial charge in [0, 0.05) is 31.9 Å². The van der Waals surface area contributed by atoms with Crippen LogP contribution in [0.15, 0.2) is 18.7 Å². The second-order valence-electron chi connectivity index (χ2n) is 2.91. The van der Waals surface area contributed by atoms with Crippen LogP contribution in [0.5, 0.6) is 0 Å². The third-order valence-corrected chi connectivity index (χ3v) is 1.74. The molecular weight excluding hydrogens is 196 g/mol. The number of hydrogen-bond acceptors (Lipinski definition) is 3. The van der Waals surface area contributed by atoms with Gasteiger partial charge in [-0.15, -0.1) is 0 Å². The third-order valence-electron chi connectivity index (χ3n) is 1.74. The van der Waals surface area contributed by atoms with Crippen LogP contribution in [0.3, 0.4) is 0 Å². The van der Waals surface area contributed by atoms with E-state index >= 15 is 0 Å². The molecule has 0 fully saturated rings. The number of amides is 2. The van der Waals surface area contributed by atoms with Crippen molar-refractivity contribution >= 4 is 11.9 Å². The molecular formula is C9H14N4O2. The predicted octanol–water partition coefficient (Wildman–Crippen LogP) is -0.0330. The number of imidazole rings is 1. The standard InChI is InChI=1S/C9H14N4O2/c1-2-11-8(14)3-4-12-9(15)13-6-5-10-7-13/h5-7H,2-4H2,1H3,(H,11,14)(H,12,15). The molecule has 0 aliphatic carbocycles. The minimum atomic E-state index is -0.281. The lowest BCUT2D eigenvalue weighted by molar-refractivity contribution is -0.120. The highest BCUT2D eigenvalue weighted by molar-refractivity contribution is 5.79. The summed E-state index contributed by atoms with van der Waals surface area (Å²) in [5, 5.41) is 5.24. The van der Waals surface area contributed by atoms with Gasteiger partial charge in [-0.2, -0.15) is 0 Å². The normalized spacial score (nSPS) is 9.67. The van der Waals surface area contributed by atoms with Crippen molar-refractivity contribution in [3.63, 3.8) is 0 Å². The summed E-state index contributed by atoms with van der Waals surface area (Å²) in [7, 11) is 0. The Balaban J connectivity index is 2.21. The van der Waals surface area contributed by atoms with Crippen molar-refractivity contribution in [2.24, 2.45) is 0 Å². The van der Waals surface area contributed by atoms with Gasteiger partial charge in [0.1, 0.15) is 6.33 Å². The van der Waals surface area contributed by atoms with Crippen LogP contribution < -0.4 is 10.6 Å². The van der Waals surface area contributed by atoms with Gasteiger partial charge in [0.2, 0.25) is 5.91 Å². The average molecular weight is 210 g/mol. The smallest absolute Gasteiger partial charge is 0.326 e. The molecule has 2 amide bonds. The summed E-state index contributed by atoms with van der Waals surface area (Å²) in [4.78, 5) is 26.1. The van der Waals surface area contributed by atoms with E-state index in [1.165, 1.54) is 17.1 Å². The average Bonchev–Trinajstić information content (AvgIpc) is 2.70. The first kappa shape index (κ1) is 11.2. The summed E-state index contributed by atoms with van der Waals surface area (Å²) in [5.74, 6) is -0.0663. The van der Waals surface area contributed by atoms with Gasteiger partial charge in [-0.1, -0.05) is 0 Å². The van der Waals surface area contributed by atoms with E-state index in [0.717, 1.165) is 0 Å². The summed E-state index contributed by atoms with van der Waals surface area (Å²) >= 11 is 0. The van der Waals surface area contributed by atoms with Crippen molar-refractivity contribution in [3.8, 4) is 0 Å². The van der Waals surface area contributed by atoms with Crippen molar-refractivity contribution in [1.29, 1.82) is 0 Å². The van der Waals surface area contributed by atoms with Crippen molar-refractivity contribution < 1.29 is 9.59 Å². The number of nitrogens with one attached hydrogen (secondary N) is 2. The van der Waals surface area contributed by atoms with E-state index in [9.17, 15) is 9.59 Å². The van der Waals surface area contributed by atoms with Gasteiger partial charge in [0.25, 0.3) is 0 Å². The minimum Gasteiger partial charge on any atom is -0.356 e. The Kier molecular flexibility index (Phi) is 4.33. The quantitative estimate of drug-likeness (QED) is 0.732. The van der Waals surface area contributed by atoms with Crippen LogP contribution in [-0.4, -0.2) is 34.6 Å². The molecule has 0 atom stereocenters. The topological polar surface area (TPSA) is 76.0 Å². The lowest BCUT2D eigenvalue weighted by atomic mass is 10.4. The van der Waals surface area contributed by atoms with E-state index in [0.29, 0.717) is 13.1 Å². The lowest BCUT2D eigenvalue weighted by Gasteiger charge is -2.04. The van der Waals surface area contributed by atoms with Gasteiger partial charge in [0.05, 0.1) is 0 Å². The fraction of sp³-hybridized carbons (Fsp3) is 0.444. The minimum absolute atomic E-state index is 0.0663. The summed E-state index contributed by atoms with van der Waals surface area (Å²) in [6, 6.07) is -0.281. The van der Waals surface area contributed by atoms with Crippen LogP contribution >= 0.6 is 0 Å². The van der Waals surface area contributed by atoms with E-state index in [-0.39, 0.29) is 18.4 Å². The molecule has 0 unspecified atom stereocenters. The summed E-state index contributed by atoms with van der Waals surface area (Å²) in [6.45, 7) is 2.78. The Morgan fingerprint density at radius 3 is 2.80 bits per heavy atom. The predicted molar refractivity (Wildman–Crippen MR) is 54.3 cm³/mol. The Bertz CT molecular complexity index is 321. The highest BCUT2D eigenvalue weighted by atomic mass is 16.2. The van der Waals surface area contributed by atoms with E-state index in [4.69, 9.17) is 0 Å². The first-order valence-corrected chi connectivity index (χ1v) is 4.77. The Labute approximate surface area is 87.7 Å². The first-order valence-electron chi connectivity index (χ1n) is 4.77. The van der Waals surface area contributed by atoms with Crippen LogP contribution in [0.4, 0.5) is 4.79 Å².